The summed E-state index contributed by atoms with van der Waals surface area (Å²) in [5.74, 6) is -1.66. The minimum atomic E-state index is -0.755. The first-order valence-corrected chi connectivity index (χ1v) is 9.68. The van der Waals surface area contributed by atoms with Crippen molar-refractivity contribution >= 4 is 17.7 Å². The summed E-state index contributed by atoms with van der Waals surface area (Å²) < 4.78 is 26.7. The molecule has 1 amide bonds. The van der Waals surface area contributed by atoms with E-state index in [9.17, 15) is 13.6 Å². The van der Waals surface area contributed by atoms with Gasteiger partial charge in [-0.05, 0) is 30.7 Å². The summed E-state index contributed by atoms with van der Waals surface area (Å²) in [4.78, 5) is 15.1. The Kier molecular flexibility index (Phi) is 6.90. The van der Waals surface area contributed by atoms with Crippen LogP contribution in [0.1, 0.15) is 12.5 Å². The highest BCUT2D eigenvalue weighted by atomic mass is 19.1. The van der Waals surface area contributed by atoms with Crippen LogP contribution < -0.4 is 15.1 Å². The molecule has 4 nitrogen and oxygen atoms in total. The highest BCUT2D eigenvalue weighted by Gasteiger charge is 2.30. The second-order valence-electron chi connectivity index (χ2n) is 7.26. The Morgan fingerprint density at radius 3 is 2.50 bits per heavy atom. The maximum absolute atomic E-state index is 13.7. The van der Waals surface area contributed by atoms with E-state index in [2.05, 4.69) is 29.6 Å². The fourth-order valence-corrected chi connectivity index (χ4v) is 3.50. The minimum Gasteiger partial charge on any atom is -0.322 e. The van der Waals surface area contributed by atoms with Gasteiger partial charge < -0.3 is 15.1 Å². The normalized spacial score (nSPS) is 20.8. The number of piperazine rings is 1. The minimum absolute atomic E-state index is 0.0213. The maximum atomic E-state index is 13.7. The topological polar surface area (TPSA) is 38.0 Å². The second kappa shape index (κ2) is 9.57. The van der Waals surface area contributed by atoms with Crippen molar-refractivity contribution in [3.8, 4) is 0 Å². The van der Waals surface area contributed by atoms with E-state index in [-0.39, 0.29) is 17.6 Å². The molecule has 1 heterocycles. The van der Waals surface area contributed by atoms with E-state index >= 15 is 0 Å². The molecular formula is C22H27F2N3O+2. The Bertz CT molecular complexity index is 818. The summed E-state index contributed by atoms with van der Waals surface area (Å²) in [5, 5.41) is 2.58. The van der Waals surface area contributed by atoms with Crippen molar-refractivity contribution in [2.24, 2.45) is 0 Å². The average Bonchev–Trinajstić information content (AvgIpc) is 2.71. The van der Waals surface area contributed by atoms with Gasteiger partial charge in [0, 0.05) is 6.07 Å². The highest BCUT2D eigenvalue weighted by Crippen LogP contribution is 2.14. The molecule has 3 N–H and O–H groups in total. The lowest BCUT2D eigenvalue weighted by Gasteiger charge is -2.32. The van der Waals surface area contributed by atoms with E-state index in [1.807, 2.05) is 25.1 Å². The van der Waals surface area contributed by atoms with Gasteiger partial charge in [0.15, 0.2) is 6.04 Å². The van der Waals surface area contributed by atoms with Crippen LogP contribution in [0.25, 0.3) is 6.08 Å². The molecule has 0 bridgehead atoms. The summed E-state index contributed by atoms with van der Waals surface area (Å²) in [6.45, 7) is 6.55. The van der Waals surface area contributed by atoms with Crippen LogP contribution in [0.15, 0.2) is 54.6 Å². The summed E-state index contributed by atoms with van der Waals surface area (Å²) in [7, 11) is 0. The molecular weight excluding hydrogens is 360 g/mol. The van der Waals surface area contributed by atoms with Crippen molar-refractivity contribution in [1.29, 1.82) is 0 Å². The van der Waals surface area contributed by atoms with E-state index in [1.54, 1.807) is 0 Å². The molecule has 1 atom stereocenters. The van der Waals surface area contributed by atoms with Gasteiger partial charge in [0.25, 0.3) is 5.91 Å². The van der Waals surface area contributed by atoms with Gasteiger partial charge in [0.05, 0.1) is 12.2 Å². The van der Waals surface area contributed by atoms with Gasteiger partial charge >= 0.3 is 0 Å². The predicted octanol–water partition coefficient (Wildman–Crippen LogP) is 0.789. The van der Waals surface area contributed by atoms with Crippen LogP contribution >= 0.6 is 0 Å². The van der Waals surface area contributed by atoms with Crippen molar-refractivity contribution in [2.45, 2.75) is 13.0 Å². The third-order valence-corrected chi connectivity index (χ3v) is 5.31. The fraction of sp³-hybridized carbons (Fsp3) is 0.318. The number of anilines is 1. The number of nitrogens with one attached hydrogen (secondary N) is 3. The fourth-order valence-electron chi connectivity index (χ4n) is 3.50. The molecule has 0 radical (unpaired) electrons. The third kappa shape index (κ3) is 5.47. The standard InChI is InChI=1S/C22H25F2N3O/c1-17(22(28)25-21-10-9-19(23)16-20(21)24)27-14-12-26(13-15-27)11-5-8-18-6-3-2-4-7-18/h2-10,16-17H,11-15H2,1H3,(H,25,28)/p+2/b8-5+/t17-/m0/s1. The maximum Gasteiger partial charge on any atom is 0.282 e. The molecule has 0 unspecified atom stereocenters. The second-order valence-corrected chi connectivity index (χ2v) is 7.26. The van der Waals surface area contributed by atoms with Gasteiger partial charge in [0.1, 0.15) is 37.8 Å². The van der Waals surface area contributed by atoms with Crippen LogP contribution in [0.4, 0.5) is 14.5 Å². The van der Waals surface area contributed by atoms with E-state index in [1.165, 1.54) is 21.4 Å². The third-order valence-electron chi connectivity index (χ3n) is 5.31. The first kappa shape index (κ1) is 20.2. The molecule has 2 aromatic rings. The molecule has 0 aromatic heterocycles. The molecule has 1 aliphatic rings. The highest BCUT2D eigenvalue weighted by molar-refractivity contribution is 5.93. The number of rotatable bonds is 6. The van der Waals surface area contributed by atoms with Crippen LogP contribution in [0.2, 0.25) is 0 Å². The number of carbonyl (C=O) groups is 1. The lowest BCUT2D eigenvalue weighted by atomic mass is 10.2. The van der Waals surface area contributed by atoms with Crippen LogP contribution in [0.3, 0.4) is 0 Å². The zero-order chi connectivity index (χ0) is 19.9. The van der Waals surface area contributed by atoms with Gasteiger partial charge in [-0.2, -0.15) is 0 Å². The van der Waals surface area contributed by atoms with E-state index in [0.29, 0.717) is 0 Å². The SMILES string of the molecule is C[C@@H](C(=O)Nc1ccc(F)cc1F)[NH+]1CC[NH+](C/C=C/c2ccccc2)CC1. The Morgan fingerprint density at radius 1 is 1.11 bits per heavy atom. The van der Waals surface area contributed by atoms with Crippen molar-refractivity contribution in [1.82, 2.24) is 0 Å². The molecule has 28 heavy (non-hydrogen) atoms. The molecule has 1 saturated heterocycles. The van der Waals surface area contributed by atoms with Gasteiger partial charge in [0.2, 0.25) is 0 Å². The number of amides is 1. The van der Waals surface area contributed by atoms with Crippen LogP contribution in [-0.4, -0.2) is 44.7 Å². The summed E-state index contributed by atoms with van der Waals surface area (Å²) >= 11 is 0. The number of carbonyl (C=O) groups excluding carboxylic acids is 1. The van der Waals surface area contributed by atoms with Crippen molar-refractivity contribution in [2.75, 3.05) is 38.0 Å². The first-order chi connectivity index (χ1) is 13.5. The average molecular weight is 387 g/mol. The zero-order valence-electron chi connectivity index (χ0n) is 16.1. The molecule has 6 heteroatoms. The molecule has 1 fully saturated rings. The van der Waals surface area contributed by atoms with E-state index in [0.717, 1.165) is 44.9 Å². The van der Waals surface area contributed by atoms with Crippen molar-refractivity contribution in [3.05, 3.63) is 71.8 Å². The molecule has 0 spiro atoms. The molecule has 148 valence electrons. The number of hydrogen-bond acceptors (Lipinski definition) is 1. The van der Waals surface area contributed by atoms with Crippen LogP contribution in [0, 0.1) is 11.6 Å². The quantitative estimate of drug-likeness (QED) is 0.674. The predicted molar refractivity (Wildman–Crippen MR) is 106 cm³/mol. The molecule has 0 aliphatic carbocycles. The Labute approximate surface area is 164 Å². The van der Waals surface area contributed by atoms with E-state index < -0.39 is 11.6 Å². The molecule has 0 saturated carbocycles. The molecule has 3 rings (SSSR count). The molecule has 2 aromatic carbocycles. The Morgan fingerprint density at radius 2 is 1.82 bits per heavy atom. The number of quaternary nitrogens is 2. The van der Waals surface area contributed by atoms with E-state index in [4.69, 9.17) is 0 Å². The number of hydrogen-bond donors (Lipinski definition) is 3. The zero-order valence-corrected chi connectivity index (χ0v) is 16.1. The lowest BCUT2D eigenvalue weighted by molar-refractivity contribution is -1.02. The Balaban J connectivity index is 1.46. The number of benzene rings is 2. The van der Waals surface area contributed by atoms with Crippen molar-refractivity contribution in [3.63, 3.8) is 0 Å². The monoisotopic (exact) mass is 387 g/mol. The first-order valence-electron chi connectivity index (χ1n) is 9.68. The van der Waals surface area contributed by atoms with Gasteiger partial charge in [-0.3, -0.25) is 4.79 Å². The lowest BCUT2D eigenvalue weighted by Crippen LogP contribution is -3.29. The summed E-state index contributed by atoms with van der Waals surface area (Å²) in [5.41, 5.74) is 1.22. The van der Waals surface area contributed by atoms with Crippen molar-refractivity contribution < 1.29 is 23.4 Å². The number of halogens is 2. The van der Waals surface area contributed by atoms with Crippen LogP contribution in [-0.2, 0) is 4.79 Å². The Hall–Kier alpha value is -2.57. The largest absolute Gasteiger partial charge is 0.322 e. The van der Waals surface area contributed by atoms with Crippen LogP contribution in [0.5, 0.6) is 0 Å². The van der Waals surface area contributed by atoms with Gasteiger partial charge in [-0.1, -0.05) is 36.4 Å². The van der Waals surface area contributed by atoms with Gasteiger partial charge in [-0.15, -0.1) is 0 Å². The van der Waals surface area contributed by atoms with Gasteiger partial charge in [-0.25, -0.2) is 8.78 Å². The summed E-state index contributed by atoms with van der Waals surface area (Å²) in [6.07, 6.45) is 4.34. The molecule has 1 aliphatic heterocycles. The smallest absolute Gasteiger partial charge is 0.282 e. The summed E-state index contributed by atoms with van der Waals surface area (Å²) in [6, 6.07) is 13.1.